The van der Waals surface area contributed by atoms with Gasteiger partial charge in [-0.3, -0.25) is 16.3 Å². The van der Waals surface area contributed by atoms with Gasteiger partial charge in [-0.1, -0.05) is 13.8 Å². The van der Waals surface area contributed by atoms with Crippen molar-refractivity contribution in [2.75, 3.05) is 13.6 Å². The lowest BCUT2D eigenvalue weighted by Gasteiger charge is -2.53. The summed E-state index contributed by atoms with van der Waals surface area (Å²) < 4.78 is 0. The average molecular weight is 412 g/mol. The maximum atomic E-state index is 6.08. The van der Waals surface area contributed by atoms with Gasteiger partial charge < -0.3 is 5.73 Å². The van der Waals surface area contributed by atoms with E-state index in [0.29, 0.717) is 31.3 Å². The summed E-state index contributed by atoms with van der Waals surface area (Å²) in [7, 11) is 1.66. The average Bonchev–Trinajstić information content (AvgIpc) is 2.65. The molecule has 9 heteroatoms. The first-order valence-electron chi connectivity index (χ1n) is 11.1. The summed E-state index contributed by atoms with van der Waals surface area (Å²) in [5, 5.41) is 1.28. The fraction of sp³-hybridized carbons (Fsp3) is 0.950. The second kappa shape index (κ2) is 8.28. The number of guanidine groups is 1. The van der Waals surface area contributed by atoms with Crippen LogP contribution in [0.1, 0.15) is 65.2 Å². The van der Waals surface area contributed by atoms with Gasteiger partial charge in [-0.05, 0) is 56.3 Å². The number of rotatable bonds is 3. The summed E-state index contributed by atoms with van der Waals surface area (Å²) in [5.41, 5.74) is 8.54. The number of fused-ring (bicyclic) bond motifs is 2. The van der Waals surface area contributed by atoms with E-state index in [9.17, 15) is 0 Å². The Morgan fingerprint density at radius 2 is 1.55 bits per heavy atom. The highest BCUT2D eigenvalue weighted by Crippen LogP contribution is 2.53. The predicted octanol–water partition coefficient (Wildman–Crippen LogP) is 2.20. The summed E-state index contributed by atoms with van der Waals surface area (Å²) in [6.45, 7) is 5.04. The zero-order valence-electron chi connectivity index (χ0n) is 17.9. The molecule has 1 heterocycles. The quantitative estimate of drug-likeness (QED) is 0.213. The third-order valence-corrected chi connectivity index (χ3v) is 7.41. The van der Waals surface area contributed by atoms with Crippen molar-refractivity contribution >= 4 is 5.96 Å². The molecule has 4 saturated carbocycles. The largest absolute Gasteiger partial charge is 0.369 e. The molecule has 5 rings (SSSR count). The normalized spacial score (nSPS) is 45.7. The molecule has 5 fully saturated rings. The van der Waals surface area contributed by atoms with Gasteiger partial charge in [0, 0.05) is 38.3 Å². The lowest BCUT2D eigenvalue weighted by molar-refractivity contribution is -0.674. The van der Waals surface area contributed by atoms with Gasteiger partial charge in [0.25, 0.3) is 0 Å². The Hall–Kier alpha value is -0.970. The number of nitrogens with one attached hydrogen (secondary N) is 1. The molecule has 2 bridgehead atoms. The van der Waals surface area contributed by atoms with E-state index in [2.05, 4.69) is 24.3 Å². The van der Waals surface area contributed by atoms with Crippen molar-refractivity contribution in [1.82, 2.24) is 10.5 Å². The topological polar surface area (TPSA) is 117 Å². The van der Waals surface area contributed by atoms with Crippen LogP contribution in [0.2, 0.25) is 0 Å². The molecular formula is C20H37N5O4. The number of hydrogen-bond donors (Lipinski definition) is 3. The van der Waals surface area contributed by atoms with Gasteiger partial charge in [0.1, 0.15) is 0 Å². The Bertz CT molecular complexity index is 574. The minimum atomic E-state index is -0.808. The highest BCUT2D eigenvalue weighted by molar-refractivity contribution is 5.77. The van der Waals surface area contributed by atoms with Crippen LogP contribution in [0.5, 0.6) is 0 Å². The van der Waals surface area contributed by atoms with Crippen LogP contribution in [0, 0.1) is 29.6 Å². The molecule has 166 valence electrons. The molecule has 4 aliphatic carbocycles. The number of hydrogen-bond acceptors (Lipinski definition) is 7. The smallest absolute Gasteiger partial charge is 0.239 e. The molecule has 2 unspecified atom stereocenters. The molecule has 29 heavy (non-hydrogen) atoms. The van der Waals surface area contributed by atoms with Crippen molar-refractivity contribution < 1.29 is 19.6 Å². The van der Waals surface area contributed by atoms with Crippen molar-refractivity contribution in [3.8, 4) is 0 Å². The van der Waals surface area contributed by atoms with E-state index in [0.717, 1.165) is 37.5 Å². The van der Waals surface area contributed by atoms with Crippen molar-refractivity contribution in [3.63, 3.8) is 0 Å². The Morgan fingerprint density at radius 3 is 2.07 bits per heavy atom. The number of nitrogens with zero attached hydrogens (tertiary/aromatic N) is 2. The summed E-state index contributed by atoms with van der Waals surface area (Å²) in [6, 6.07) is 0. The van der Waals surface area contributed by atoms with Crippen molar-refractivity contribution in [3.05, 3.63) is 0 Å². The van der Waals surface area contributed by atoms with E-state index >= 15 is 0 Å². The summed E-state index contributed by atoms with van der Waals surface area (Å²) in [4.78, 5) is 28.5. The predicted molar refractivity (Wildman–Crippen MR) is 107 cm³/mol. The Kier molecular flexibility index (Phi) is 6.07. The van der Waals surface area contributed by atoms with Gasteiger partial charge in [-0.15, -0.1) is 0 Å². The van der Waals surface area contributed by atoms with E-state index in [1.54, 1.807) is 7.05 Å². The van der Waals surface area contributed by atoms with Crippen molar-refractivity contribution in [2.45, 2.75) is 76.8 Å². The van der Waals surface area contributed by atoms with Crippen LogP contribution in [0.25, 0.3) is 0 Å². The first-order chi connectivity index (χ1) is 13.8. The molecule has 0 aromatic carbocycles. The molecule has 5 N–H and O–H groups in total. The van der Waals surface area contributed by atoms with Gasteiger partial charge >= 0.3 is 0 Å². The molecule has 9 nitrogen and oxygen atoms in total. The maximum absolute atomic E-state index is 6.08. The van der Waals surface area contributed by atoms with E-state index in [-0.39, 0.29) is 11.8 Å². The SMILES string of the molecule is CC1CC2CC(C2)CC(C)C12OOC1(CCC(CN=C(N)NN(C)N)CC1)OO2. The van der Waals surface area contributed by atoms with Crippen LogP contribution >= 0.6 is 0 Å². The summed E-state index contributed by atoms with van der Waals surface area (Å²) in [6.07, 6.45) is 8.14. The second-order valence-electron chi connectivity index (χ2n) is 9.83. The Morgan fingerprint density at radius 1 is 1.00 bits per heavy atom. The molecule has 0 amide bonds. The van der Waals surface area contributed by atoms with Crippen molar-refractivity contribution in [2.24, 2.45) is 46.2 Å². The first-order valence-corrected chi connectivity index (χ1v) is 11.1. The summed E-state index contributed by atoms with van der Waals surface area (Å²) in [5.74, 6) is 6.70. The van der Waals surface area contributed by atoms with Crippen LogP contribution in [-0.2, 0) is 19.6 Å². The lowest BCUT2D eigenvalue weighted by Crippen LogP contribution is -2.59. The second-order valence-corrected chi connectivity index (χ2v) is 9.83. The molecule has 1 aliphatic heterocycles. The molecule has 5 aliphatic rings. The number of nitrogens with two attached hydrogens (primary N) is 2. The lowest BCUT2D eigenvalue weighted by atomic mass is 9.62. The van der Waals surface area contributed by atoms with Gasteiger partial charge in [0.05, 0.1) is 0 Å². The van der Waals surface area contributed by atoms with Crippen LogP contribution in [0.4, 0.5) is 0 Å². The molecular weight excluding hydrogens is 374 g/mol. The van der Waals surface area contributed by atoms with E-state index in [1.165, 1.54) is 18.0 Å². The first kappa shape index (κ1) is 21.3. The third-order valence-electron chi connectivity index (χ3n) is 7.41. The fourth-order valence-electron chi connectivity index (χ4n) is 5.62. The fourth-order valence-corrected chi connectivity index (χ4v) is 5.62. The molecule has 0 aromatic heterocycles. The zero-order chi connectivity index (χ0) is 20.6. The molecule has 1 saturated heterocycles. The van der Waals surface area contributed by atoms with Crippen molar-refractivity contribution in [1.29, 1.82) is 0 Å². The minimum Gasteiger partial charge on any atom is -0.369 e. The number of hydrazine groups is 2. The van der Waals surface area contributed by atoms with Gasteiger partial charge in [0.15, 0.2) is 0 Å². The van der Waals surface area contributed by atoms with Gasteiger partial charge in [-0.2, -0.15) is 24.7 Å². The third kappa shape index (κ3) is 4.40. The molecule has 2 spiro atoms. The van der Waals surface area contributed by atoms with E-state index in [1.807, 2.05) is 0 Å². The highest BCUT2D eigenvalue weighted by Gasteiger charge is 2.57. The van der Waals surface area contributed by atoms with Crippen LogP contribution in [0.15, 0.2) is 4.99 Å². The van der Waals surface area contributed by atoms with E-state index in [4.69, 9.17) is 31.1 Å². The van der Waals surface area contributed by atoms with Crippen LogP contribution in [0.3, 0.4) is 0 Å². The molecule has 2 atom stereocenters. The highest BCUT2D eigenvalue weighted by atomic mass is 17.4. The minimum absolute atomic E-state index is 0.239. The summed E-state index contributed by atoms with van der Waals surface area (Å²) >= 11 is 0. The van der Waals surface area contributed by atoms with Crippen LogP contribution < -0.4 is 17.0 Å². The Labute approximate surface area is 173 Å². The van der Waals surface area contributed by atoms with Gasteiger partial charge in [0.2, 0.25) is 17.5 Å². The standard InChI is InChI=1S/C20H37N5O4/c1-13-8-16-10-17(11-16)9-14(2)20(13)28-26-19(27-29-20)6-4-15(5-7-19)12-23-18(21)24-25(3)22/h13-17H,4-12,22H2,1-3H3,(H3,21,23,24). The zero-order valence-corrected chi connectivity index (χ0v) is 17.9. The Balaban J connectivity index is 1.30. The monoisotopic (exact) mass is 411 g/mol. The molecule has 0 radical (unpaired) electrons. The number of aliphatic imine (C=N–C) groups is 1. The van der Waals surface area contributed by atoms with Gasteiger partial charge in [-0.25, -0.2) is 0 Å². The van der Waals surface area contributed by atoms with E-state index < -0.39 is 11.6 Å². The van der Waals surface area contributed by atoms with Crippen LogP contribution in [-0.4, -0.2) is 36.2 Å². The maximum Gasteiger partial charge on any atom is 0.239 e. The molecule has 0 aromatic rings.